The molecule has 1 fully saturated rings. The summed E-state index contributed by atoms with van der Waals surface area (Å²) in [5, 5.41) is 3.67. The largest absolute Gasteiger partial charge is 0.495 e. The van der Waals surface area contributed by atoms with E-state index in [0.29, 0.717) is 6.42 Å². The maximum atomic E-state index is 11.5. The molecule has 0 radical (unpaired) electrons. The summed E-state index contributed by atoms with van der Waals surface area (Å²) >= 11 is 1.58. The monoisotopic (exact) mass is 489 g/mol. The predicted octanol–water partition coefficient (Wildman–Crippen LogP) is 4.41. The fraction of sp³-hybridized carbons (Fsp3) is 0.296. The van der Waals surface area contributed by atoms with Crippen LogP contribution in [0.1, 0.15) is 17.0 Å². The van der Waals surface area contributed by atoms with Crippen LogP contribution in [0.15, 0.2) is 71.2 Å². The minimum absolute atomic E-state index is 0.227. The van der Waals surface area contributed by atoms with Gasteiger partial charge in [-0.2, -0.15) is 0 Å². The lowest BCUT2D eigenvalue weighted by Gasteiger charge is -2.34. The highest BCUT2D eigenvalue weighted by Gasteiger charge is 2.18. The number of anilines is 2. The van der Waals surface area contributed by atoms with Crippen LogP contribution in [0.5, 0.6) is 5.75 Å². The fourth-order valence-electron chi connectivity index (χ4n) is 3.88. The molecule has 182 valence electrons. The Morgan fingerprint density at radius 1 is 1.17 bits per heavy atom. The number of ether oxygens (including phenoxy) is 1. The van der Waals surface area contributed by atoms with Crippen molar-refractivity contribution in [1.29, 1.82) is 0 Å². The van der Waals surface area contributed by atoms with E-state index in [1.165, 1.54) is 6.08 Å². The summed E-state index contributed by atoms with van der Waals surface area (Å²) in [5.74, 6) is 1.43. The minimum Gasteiger partial charge on any atom is -0.495 e. The predicted molar refractivity (Wildman–Crippen MR) is 142 cm³/mol. The number of piperazine rings is 1. The van der Waals surface area contributed by atoms with Crippen molar-refractivity contribution in [2.45, 2.75) is 23.3 Å². The number of carbonyl (C=O) groups is 1. The van der Waals surface area contributed by atoms with Crippen LogP contribution in [0.2, 0.25) is 0 Å². The van der Waals surface area contributed by atoms with Gasteiger partial charge in [0.25, 0.3) is 0 Å². The Morgan fingerprint density at radius 2 is 1.91 bits per heavy atom. The van der Waals surface area contributed by atoms with Crippen LogP contribution in [0, 0.1) is 6.92 Å². The van der Waals surface area contributed by atoms with Gasteiger partial charge in [-0.15, -0.1) is 0 Å². The van der Waals surface area contributed by atoms with Crippen LogP contribution in [0.25, 0.3) is 0 Å². The molecule has 0 bridgehead atoms. The molecule has 35 heavy (non-hydrogen) atoms. The summed E-state index contributed by atoms with van der Waals surface area (Å²) in [7, 11) is 3.88. The van der Waals surface area contributed by atoms with Crippen molar-refractivity contribution in [3.05, 3.63) is 78.3 Å². The summed E-state index contributed by atoms with van der Waals surface area (Å²) in [6.45, 7) is 9.58. The summed E-state index contributed by atoms with van der Waals surface area (Å²) in [5.41, 5.74) is 4.00. The molecule has 1 aliphatic heterocycles. The number of nitrogens with one attached hydrogen (secondary N) is 1. The van der Waals surface area contributed by atoms with Crippen LogP contribution in [-0.2, 0) is 11.2 Å². The summed E-state index contributed by atoms with van der Waals surface area (Å²) in [4.78, 5) is 26.6. The van der Waals surface area contributed by atoms with Crippen LogP contribution in [0.4, 0.5) is 11.4 Å². The molecule has 3 aromatic rings. The number of aryl methyl sites for hydroxylation is 1. The second-order valence-electron chi connectivity index (χ2n) is 8.57. The zero-order valence-corrected chi connectivity index (χ0v) is 21.3. The van der Waals surface area contributed by atoms with Crippen LogP contribution in [0.3, 0.4) is 0 Å². The average molecular weight is 490 g/mol. The maximum absolute atomic E-state index is 11.5. The lowest BCUT2D eigenvalue weighted by molar-refractivity contribution is -0.111. The van der Waals surface area contributed by atoms with E-state index in [2.05, 4.69) is 51.9 Å². The van der Waals surface area contributed by atoms with Crippen molar-refractivity contribution < 1.29 is 9.53 Å². The van der Waals surface area contributed by atoms with Gasteiger partial charge in [-0.1, -0.05) is 24.4 Å². The van der Waals surface area contributed by atoms with E-state index >= 15 is 0 Å². The number of amides is 1. The second kappa shape index (κ2) is 11.4. The number of hydrogen-bond donors (Lipinski definition) is 1. The highest BCUT2D eigenvalue weighted by atomic mass is 32.2. The molecule has 4 rings (SSSR count). The van der Waals surface area contributed by atoms with Gasteiger partial charge in [0.1, 0.15) is 16.6 Å². The van der Waals surface area contributed by atoms with Gasteiger partial charge in [0.15, 0.2) is 0 Å². The van der Waals surface area contributed by atoms with Crippen molar-refractivity contribution in [3.63, 3.8) is 0 Å². The zero-order chi connectivity index (χ0) is 24.8. The van der Waals surface area contributed by atoms with Gasteiger partial charge in [0.2, 0.25) is 5.91 Å². The van der Waals surface area contributed by atoms with Crippen molar-refractivity contribution in [1.82, 2.24) is 14.9 Å². The number of hydrogen-bond acceptors (Lipinski definition) is 7. The Bertz CT molecular complexity index is 1190. The van der Waals surface area contributed by atoms with E-state index < -0.39 is 0 Å². The summed E-state index contributed by atoms with van der Waals surface area (Å²) in [6, 6.07) is 14.1. The molecule has 0 saturated carbocycles. The third-order valence-electron chi connectivity index (χ3n) is 5.95. The van der Waals surface area contributed by atoms with E-state index in [1.54, 1.807) is 18.9 Å². The molecule has 0 spiro atoms. The molecule has 0 aliphatic carbocycles. The SMILES string of the molecule is C=CC(=O)Nc1ccc(Sc2nc(Cc3ccc(N4CCN(C)CC4)c(OC)c3)ncc2C)cc1. The molecule has 2 aromatic carbocycles. The first-order chi connectivity index (χ1) is 16.9. The summed E-state index contributed by atoms with van der Waals surface area (Å²) < 4.78 is 5.73. The van der Waals surface area contributed by atoms with Crippen LogP contribution < -0.4 is 15.0 Å². The van der Waals surface area contributed by atoms with Gasteiger partial charge in [-0.3, -0.25) is 4.79 Å². The van der Waals surface area contributed by atoms with E-state index in [-0.39, 0.29) is 5.91 Å². The molecule has 1 amide bonds. The topological polar surface area (TPSA) is 70.6 Å². The quantitative estimate of drug-likeness (QED) is 0.371. The number of rotatable bonds is 8. The molecule has 1 saturated heterocycles. The molecule has 1 aromatic heterocycles. The Morgan fingerprint density at radius 3 is 2.60 bits per heavy atom. The molecule has 1 N–H and O–H groups in total. The molecular formula is C27H31N5O2S. The molecule has 0 unspecified atom stereocenters. The molecule has 2 heterocycles. The van der Waals surface area contributed by atoms with Gasteiger partial charge in [-0.25, -0.2) is 9.97 Å². The van der Waals surface area contributed by atoms with Gasteiger partial charge < -0.3 is 19.9 Å². The Balaban J connectivity index is 1.47. The molecule has 0 atom stereocenters. The van der Waals surface area contributed by atoms with Crippen molar-refractivity contribution >= 4 is 29.0 Å². The third-order valence-corrected chi connectivity index (χ3v) is 7.06. The number of benzene rings is 2. The maximum Gasteiger partial charge on any atom is 0.247 e. The van der Waals surface area contributed by atoms with Crippen LogP contribution in [-0.4, -0.2) is 61.1 Å². The van der Waals surface area contributed by atoms with Gasteiger partial charge in [0, 0.05) is 49.4 Å². The highest BCUT2D eigenvalue weighted by molar-refractivity contribution is 7.99. The number of nitrogens with zero attached hydrogens (tertiary/aromatic N) is 4. The van der Waals surface area contributed by atoms with Gasteiger partial charge in [-0.05, 0) is 67.6 Å². The van der Waals surface area contributed by atoms with E-state index in [4.69, 9.17) is 9.72 Å². The second-order valence-corrected chi connectivity index (χ2v) is 9.63. The fourth-order valence-corrected chi connectivity index (χ4v) is 4.74. The highest BCUT2D eigenvalue weighted by Crippen LogP contribution is 2.32. The van der Waals surface area contributed by atoms with E-state index in [9.17, 15) is 4.79 Å². The first-order valence-electron chi connectivity index (χ1n) is 11.6. The van der Waals surface area contributed by atoms with Crippen molar-refractivity contribution in [3.8, 4) is 5.75 Å². The van der Waals surface area contributed by atoms with E-state index in [0.717, 1.165) is 70.2 Å². The first kappa shape index (κ1) is 24.8. The lowest BCUT2D eigenvalue weighted by Crippen LogP contribution is -2.44. The normalized spacial score (nSPS) is 14.0. The Hall–Kier alpha value is -3.36. The molecule has 1 aliphatic rings. The number of likely N-dealkylation sites (N-methyl/N-ethyl adjacent to an activating group) is 1. The van der Waals surface area contributed by atoms with Crippen LogP contribution >= 0.6 is 11.8 Å². The number of carbonyl (C=O) groups excluding carboxylic acids is 1. The standard InChI is InChI=1S/C27H31N5O2S/c1-5-26(33)29-21-7-9-22(10-8-21)35-27-19(2)18-28-25(30-27)17-20-6-11-23(24(16-20)34-4)32-14-12-31(3)13-15-32/h5-11,16,18H,1,12-15,17H2,2-4H3,(H,29,33). The van der Waals surface area contributed by atoms with E-state index in [1.807, 2.05) is 37.4 Å². The number of aromatic nitrogens is 2. The Kier molecular flexibility index (Phi) is 8.05. The number of methoxy groups -OCH3 is 1. The zero-order valence-electron chi connectivity index (χ0n) is 20.5. The van der Waals surface area contributed by atoms with Gasteiger partial charge >= 0.3 is 0 Å². The van der Waals surface area contributed by atoms with Crippen molar-refractivity contribution in [2.75, 3.05) is 50.6 Å². The Labute approximate surface area is 211 Å². The molecular weight excluding hydrogens is 458 g/mol. The molecule has 8 heteroatoms. The minimum atomic E-state index is -0.227. The lowest BCUT2D eigenvalue weighted by atomic mass is 10.1. The smallest absolute Gasteiger partial charge is 0.247 e. The van der Waals surface area contributed by atoms with Crippen molar-refractivity contribution in [2.24, 2.45) is 0 Å². The van der Waals surface area contributed by atoms with Gasteiger partial charge in [0.05, 0.1) is 12.8 Å². The third kappa shape index (κ3) is 6.41. The first-order valence-corrected chi connectivity index (χ1v) is 12.4. The summed E-state index contributed by atoms with van der Waals surface area (Å²) in [6.07, 6.45) is 3.75. The molecule has 7 nitrogen and oxygen atoms in total. The average Bonchev–Trinajstić information content (AvgIpc) is 2.87.